The maximum Gasteiger partial charge on any atom is 0.313 e. The highest BCUT2D eigenvalue weighted by Gasteiger charge is 2.78. The lowest BCUT2D eigenvalue weighted by Crippen LogP contribution is -2.56. The van der Waals surface area contributed by atoms with Crippen molar-refractivity contribution in [2.24, 2.45) is 11.8 Å². The average Bonchev–Trinajstić information content (AvgIpc) is 3.39. The van der Waals surface area contributed by atoms with Gasteiger partial charge >= 0.3 is 5.97 Å². The van der Waals surface area contributed by atoms with Gasteiger partial charge in [0.15, 0.2) is 0 Å². The molecule has 1 aromatic carbocycles. The summed E-state index contributed by atoms with van der Waals surface area (Å²) in [5.41, 5.74) is -1.10. The first-order valence-electron chi connectivity index (χ1n) is 11.7. The Hall–Kier alpha value is -2.97. The van der Waals surface area contributed by atoms with Crippen LogP contribution in [-0.2, 0) is 30.4 Å². The maximum atomic E-state index is 14.0. The fraction of sp³-hybridized carbons (Fsp3) is 0.500. The lowest BCUT2D eigenvalue weighted by Gasteiger charge is -2.36. The van der Waals surface area contributed by atoms with E-state index in [1.54, 1.807) is 11.0 Å². The molecule has 0 saturated carbocycles. The molecule has 182 valence electrons. The molecule has 2 amide bonds. The highest BCUT2D eigenvalue weighted by Crippen LogP contribution is 2.63. The van der Waals surface area contributed by atoms with Crippen molar-refractivity contribution in [2.45, 2.75) is 43.6 Å². The highest BCUT2D eigenvalue weighted by atomic mass is 16.6. The number of benzene rings is 1. The van der Waals surface area contributed by atoms with Gasteiger partial charge in [-0.2, -0.15) is 0 Å². The number of aliphatic hydroxyl groups excluding tert-OH is 1. The number of ether oxygens (including phenoxy) is 2. The number of hydrogen-bond acceptors (Lipinski definition) is 6. The summed E-state index contributed by atoms with van der Waals surface area (Å²) < 4.78 is 11.8. The maximum absolute atomic E-state index is 14.0. The number of carbonyl (C=O) groups excluding carboxylic acids is 3. The molecule has 2 unspecified atom stereocenters. The van der Waals surface area contributed by atoms with Gasteiger partial charge in [-0.1, -0.05) is 49.1 Å². The fourth-order valence-electron chi connectivity index (χ4n) is 6.01. The number of likely N-dealkylation sites (tertiary alicyclic amines) is 1. The molecule has 0 aliphatic carbocycles. The molecule has 8 heteroatoms. The van der Waals surface area contributed by atoms with Crippen molar-refractivity contribution in [1.82, 2.24) is 9.80 Å². The van der Waals surface area contributed by atoms with Crippen LogP contribution < -0.4 is 0 Å². The summed E-state index contributed by atoms with van der Waals surface area (Å²) in [7, 11) is 0. The van der Waals surface area contributed by atoms with Crippen molar-refractivity contribution in [3.8, 4) is 0 Å². The van der Waals surface area contributed by atoms with Crippen molar-refractivity contribution < 1.29 is 29.0 Å². The van der Waals surface area contributed by atoms with Crippen molar-refractivity contribution in [2.75, 3.05) is 26.3 Å². The minimum atomic E-state index is -1.15. The van der Waals surface area contributed by atoms with Gasteiger partial charge < -0.3 is 24.4 Å². The van der Waals surface area contributed by atoms with Gasteiger partial charge in [0.2, 0.25) is 11.8 Å². The van der Waals surface area contributed by atoms with Crippen LogP contribution in [0.15, 0.2) is 55.6 Å². The molecule has 0 radical (unpaired) electrons. The van der Waals surface area contributed by atoms with Gasteiger partial charge in [-0.3, -0.25) is 14.4 Å². The van der Waals surface area contributed by atoms with Crippen LogP contribution in [0.25, 0.3) is 0 Å². The number of rotatable bonds is 10. The number of fused-ring (bicyclic) bond motifs is 1. The summed E-state index contributed by atoms with van der Waals surface area (Å²) >= 11 is 0. The van der Waals surface area contributed by atoms with E-state index in [9.17, 15) is 19.5 Å². The van der Waals surface area contributed by atoms with E-state index in [0.717, 1.165) is 5.56 Å². The molecule has 0 aromatic heterocycles. The van der Waals surface area contributed by atoms with E-state index >= 15 is 0 Å². The number of amides is 2. The second-order valence-electron chi connectivity index (χ2n) is 9.39. The Morgan fingerprint density at radius 1 is 1.26 bits per heavy atom. The van der Waals surface area contributed by atoms with Crippen LogP contribution in [0.5, 0.6) is 0 Å². The van der Waals surface area contributed by atoms with E-state index in [4.69, 9.17) is 9.47 Å². The van der Waals surface area contributed by atoms with Crippen LogP contribution in [0.4, 0.5) is 0 Å². The largest absolute Gasteiger partial charge is 0.461 e. The first-order chi connectivity index (χ1) is 16.3. The first kappa shape index (κ1) is 24.2. The standard InChI is InChI=1S/C26H32N2O6/c1-4-13-27(17-18-9-7-6-8-10-18)23(31)21-26-12-11-25(3,34-26)20(24(32)33-16-5-2)19(26)22(30)28(21)14-15-29/h4-10,19-21,29H,1-2,11-17H2,3H3/t19-,20-,21?,25+,26?/m0/s1. The zero-order valence-electron chi connectivity index (χ0n) is 19.5. The lowest BCUT2D eigenvalue weighted by molar-refractivity contribution is -0.159. The quantitative estimate of drug-likeness (QED) is 0.415. The van der Waals surface area contributed by atoms with Gasteiger partial charge in [0, 0.05) is 19.6 Å². The summed E-state index contributed by atoms with van der Waals surface area (Å²) in [6, 6.07) is 8.63. The van der Waals surface area contributed by atoms with E-state index in [-0.39, 0.29) is 38.1 Å². The molecule has 3 heterocycles. The number of esters is 1. The Balaban J connectivity index is 1.72. The van der Waals surface area contributed by atoms with Gasteiger partial charge in [0.1, 0.15) is 24.2 Å². The van der Waals surface area contributed by atoms with E-state index < -0.39 is 35.0 Å². The lowest BCUT2D eigenvalue weighted by atomic mass is 9.66. The predicted molar refractivity (Wildman–Crippen MR) is 124 cm³/mol. The van der Waals surface area contributed by atoms with Crippen LogP contribution in [0.1, 0.15) is 25.3 Å². The molecular formula is C26H32N2O6. The van der Waals surface area contributed by atoms with E-state index in [0.29, 0.717) is 19.4 Å². The van der Waals surface area contributed by atoms with Crippen molar-refractivity contribution in [1.29, 1.82) is 0 Å². The Labute approximate surface area is 199 Å². The molecule has 1 N–H and O–H groups in total. The summed E-state index contributed by atoms with van der Waals surface area (Å²) in [5, 5.41) is 9.71. The number of hydrogen-bond donors (Lipinski definition) is 1. The number of β-amino-alcohol motifs (C(OH)–C–C–N with tert-alkyl or cyclic N) is 1. The molecule has 8 nitrogen and oxygen atoms in total. The summed E-state index contributed by atoms with van der Waals surface area (Å²) in [5.74, 6) is -2.82. The third-order valence-electron chi connectivity index (χ3n) is 7.33. The summed E-state index contributed by atoms with van der Waals surface area (Å²) in [4.78, 5) is 43.8. The van der Waals surface area contributed by atoms with Crippen LogP contribution in [0.2, 0.25) is 0 Å². The van der Waals surface area contributed by atoms with Gasteiger partial charge in [-0.15, -0.1) is 6.58 Å². The topological polar surface area (TPSA) is 96.4 Å². The SMILES string of the molecule is C=CCOC(=O)[C@@H]1[C@H]2C(=O)N(CCO)C(C(=O)N(CC=C)Cc3ccccc3)C23CC[C@@]1(C)O3. The van der Waals surface area contributed by atoms with Gasteiger partial charge in [-0.25, -0.2) is 0 Å². The van der Waals surface area contributed by atoms with Crippen LogP contribution in [0, 0.1) is 11.8 Å². The number of aliphatic hydroxyl groups is 1. The third kappa shape index (κ3) is 3.75. The van der Waals surface area contributed by atoms with Crippen molar-refractivity contribution in [3.63, 3.8) is 0 Å². The minimum Gasteiger partial charge on any atom is -0.461 e. The molecule has 1 spiro atoms. The molecule has 2 bridgehead atoms. The highest BCUT2D eigenvalue weighted by molar-refractivity contribution is 5.98. The van der Waals surface area contributed by atoms with E-state index in [1.807, 2.05) is 37.3 Å². The van der Waals surface area contributed by atoms with E-state index in [1.165, 1.54) is 11.0 Å². The van der Waals surface area contributed by atoms with Crippen LogP contribution >= 0.6 is 0 Å². The zero-order valence-corrected chi connectivity index (χ0v) is 19.5. The first-order valence-corrected chi connectivity index (χ1v) is 11.7. The molecule has 3 fully saturated rings. The Bertz CT molecular complexity index is 981. The average molecular weight is 469 g/mol. The molecule has 5 atom stereocenters. The monoisotopic (exact) mass is 468 g/mol. The van der Waals surface area contributed by atoms with Gasteiger partial charge in [-0.05, 0) is 25.3 Å². The molecule has 3 aliphatic heterocycles. The molecule has 4 rings (SSSR count). The zero-order chi connectivity index (χ0) is 24.5. The second kappa shape index (κ2) is 9.35. The normalized spacial score (nSPS) is 31.3. The Morgan fingerprint density at radius 3 is 2.65 bits per heavy atom. The van der Waals surface area contributed by atoms with Crippen molar-refractivity contribution >= 4 is 17.8 Å². The molecule has 1 aromatic rings. The molecule has 3 saturated heterocycles. The third-order valence-corrected chi connectivity index (χ3v) is 7.33. The Morgan fingerprint density at radius 2 is 2.00 bits per heavy atom. The number of carbonyl (C=O) groups is 3. The Kier molecular flexibility index (Phi) is 6.64. The number of nitrogens with zero attached hydrogens (tertiary/aromatic N) is 2. The van der Waals surface area contributed by atoms with Crippen molar-refractivity contribution in [3.05, 3.63) is 61.2 Å². The van der Waals surface area contributed by atoms with Crippen LogP contribution in [-0.4, -0.2) is 76.2 Å². The summed E-state index contributed by atoms with van der Waals surface area (Å²) in [6.07, 6.45) is 4.12. The fourth-order valence-corrected chi connectivity index (χ4v) is 6.01. The van der Waals surface area contributed by atoms with Gasteiger partial charge in [0.05, 0.1) is 18.1 Å². The predicted octanol–water partition coefficient (Wildman–Crippen LogP) is 1.69. The minimum absolute atomic E-state index is 0.0186. The molecule has 34 heavy (non-hydrogen) atoms. The molecular weight excluding hydrogens is 436 g/mol. The molecule has 3 aliphatic rings. The van der Waals surface area contributed by atoms with E-state index in [2.05, 4.69) is 13.2 Å². The van der Waals surface area contributed by atoms with Gasteiger partial charge in [0.25, 0.3) is 0 Å². The van der Waals surface area contributed by atoms with Crippen LogP contribution in [0.3, 0.4) is 0 Å². The second-order valence-corrected chi connectivity index (χ2v) is 9.39. The smallest absolute Gasteiger partial charge is 0.313 e. The summed E-state index contributed by atoms with van der Waals surface area (Å²) in [6.45, 7) is 9.52.